The molecule has 0 radical (unpaired) electrons. The SMILES string of the molecule is c1ccc([C@H]2SCCN2c2ccccc2)cc1. The Kier molecular flexibility index (Phi) is 3.06. The summed E-state index contributed by atoms with van der Waals surface area (Å²) in [6.45, 7) is 1.13. The van der Waals surface area contributed by atoms with Crippen LogP contribution in [0.25, 0.3) is 0 Å². The molecule has 0 bridgehead atoms. The highest BCUT2D eigenvalue weighted by Gasteiger charge is 2.26. The van der Waals surface area contributed by atoms with E-state index in [0.717, 1.165) is 6.54 Å². The highest BCUT2D eigenvalue weighted by atomic mass is 32.2. The lowest BCUT2D eigenvalue weighted by Crippen LogP contribution is -2.21. The van der Waals surface area contributed by atoms with Gasteiger partial charge in [-0.1, -0.05) is 48.5 Å². The topological polar surface area (TPSA) is 3.24 Å². The number of nitrogens with zero attached hydrogens (tertiary/aromatic N) is 1. The number of hydrogen-bond donors (Lipinski definition) is 0. The predicted octanol–water partition coefficient (Wildman–Crippen LogP) is 3.94. The maximum Gasteiger partial charge on any atom is 0.101 e. The van der Waals surface area contributed by atoms with Crippen molar-refractivity contribution >= 4 is 17.4 Å². The lowest BCUT2D eigenvalue weighted by atomic mass is 10.2. The van der Waals surface area contributed by atoms with Gasteiger partial charge in [-0.2, -0.15) is 0 Å². The van der Waals surface area contributed by atoms with E-state index >= 15 is 0 Å². The lowest BCUT2D eigenvalue weighted by Gasteiger charge is -2.26. The van der Waals surface area contributed by atoms with E-state index in [9.17, 15) is 0 Å². The minimum Gasteiger partial charge on any atom is -0.355 e. The van der Waals surface area contributed by atoms with Crippen LogP contribution in [0.5, 0.6) is 0 Å². The van der Waals surface area contributed by atoms with Gasteiger partial charge in [0.2, 0.25) is 0 Å². The molecule has 1 aliphatic rings. The standard InChI is InChI=1S/C15H15NS/c1-3-7-13(8-4-1)15-16(11-12-17-15)14-9-5-2-6-10-14/h1-10,15H,11-12H2/t15-/m1/s1. The van der Waals surface area contributed by atoms with Gasteiger partial charge in [0.05, 0.1) is 0 Å². The highest BCUT2D eigenvalue weighted by molar-refractivity contribution is 7.99. The highest BCUT2D eigenvalue weighted by Crippen LogP contribution is 2.40. The Bertz CT molecular complexity index is 423. The predicted molar refractivity (Wildman–Crippen MR) is 75.4 cm³/mol. The van der Waals surface area contributed by atoms with Crippen molar-refractivity contribution in [2.45, 2.75) is 5.37 Å². The third kappa shape index (κ3) is 2.18. The van der Waals surface area contributed by atoms with Gasteiger partial charge in [0.25, 0.3) is 0 Å². The van der Waals surface area contributed by atoms with Crippen LogP contribution in [0.3, 0.4) is 0 Å². The van der Waals surface area contributed by atoms with Crippen LogP contribution in [0.4, 0.5) is 5.69 Å². The number of benzene rings is 2. The molecule has 2 aromatic rings. The van der Waals surface area contributed by atoms with Crippen LogP contribution in [0.1, 0.15) is 10.9 Å². The van der Waals surface area contributed by atoms with Crippen molar-refractivity contribution in [3.05, 3.63) is 66.2 Å². The minimum absolute atomic E-state index is 0.471. The molecule has 86 valence electrons. The summed E-state index contributed by atoms with van der Waals surface area (Å²) >= 11 is 2.02. The first-order chi connectivity index (χ1) is 8.45. The van der Waals surface area contributed by atoms with Gasteiger partial charge in [0, 0.05) is 18.0 Å². The van der Waals surface area contributed by atoms with Gasteiger partial charge in [0.15, 0.2) is 0 Å². The molecule has 1 heterocycles. The average molecular weight is 241 g/mol. The third-order valence-electron chi connectivity index (χ3n) is 3.06. The molecule has 0 amide bonds. The smallest absolute Gasteiger partial charge is 0.101 e. The second kappa shape index (κ2) is 4.84. The maximum atomic E-state index is 2.49. The Labute approximate surface area is 106 Å². The van der Waals surface area contributed by atoms with Crippen molar-refractivity contribution in [2.24, 2.45) is 0 Å². The molecule has 2 aromatic carbocycles. The summed E-state index contributed by atoms with van der Waals surface area (Å²) in [6, 6.07) is 21.5. The van der Waals surface area contributed by atoms with Gasteiger partial charge in [-0.15, -0.1) is 11.8 Å². The van der Waals surface area contributed by atoms with E-state index in [1.54, 1.807) is 0 Å². The summed E-state index contributed by atoms with van der Waals surface area (Å²) in [6.07, 6.45) is 0. The molecule has 2 heteroatoms. The van der Waals surface area contributed by atoms with Crippen molar-refractivity contribution in [1.29, 1.82) is 0 Å². The van der Waals surface area contributed by atoms with E-state index in [0.29, 0.717) is 5.37 Å². The van der Waals surface area contributed by atoms with Crippen molar-refractivity contribution in [1.82, 2.24) is 0 Å². The fraction of sp³-hybridized carbons (Fsp3) is 0.200. The first-order valence-corrected chi connectivity index (χ1v) is 6.98. The molecular weight excluding hydrogens is 226 g/mol. The number of para-hydroxylation sites is 1. The van der Waals surface area contributed by atoms with Crippen LogP contribution >= 0.6 is 11.8 Å². The molecule has 0 spiro atoms. The summed E-state index contributed by atoms with van der Waals surface area (Å²) in [4.78, 5) is 2.49. The normalized spacial score (nSPS) is 19.5. The van der Waals surface area contributed by atoms with Crippen LogP contribution in [-0.4, -0.2) is 12.3 Å². The molecule has 3 rings (SSSR count). The third-order valence-corrected chi connectivity index (χ3v) is 4.32. The molecule has 17 heavy (non-hydrogen) atoms. The van der Waals surface area contributed by atoms with Crippen LogP contribution in [0.2, 0.25) is 0 Å². The van der Waals surface area contributed by atoms with Gasteiger partial charge in [-0.05, 0) is 17.7 Å². The minimum atomic E-state index is 0.471. The zero-order valence-corrected chi connectivity index (χ0v) is 10.4. The molecule has 1 aliphatic heterocycles. The van der Waals surface area contributed by atoms with Gasteiger partial charge < -0.3 is 4.90 Å². The molecule has 1 nitrogen and oxygen atoms in total. The number of rotatable bonds is 2. The molecule has 0 saturated carbocycles. The molecule has 1 saturated heterocycles. The molecule has 1 atom stereocenters. The zero-order valence-electron chi connectivity index (χ0n) is 9.62. The molecule has 0 unspecified atom stereocenters. The zero-order chi connectivity index (χ0) is 11.5. The Morgan fingerprint density at radius 2 is 1.53 bits per heavy atom. The van der Waals surface area contributed by atoms with E-state index in [4.69, 9.17) is 0 Å². The van der Waals surface area contributed by atoms with Crippen molar-refractivity contribution in [3.8, 4) is 0 Å². The maximum absolute atomic E-state index is 2.49. The largest absolute Gasteiger partial charge is 0.355 e. The Hall–Kier alpha value is -1.41. The van der Waals surface area contributed by atoms with Crippen LogP contribution < -0.4 is 4.90 Å². The first-order valence-electron chi connectivity index (χ1n) is 5.93. The van der Waals surface area contributed by atoms with Crippen LogP contribution in [0.15, 0.2) is 60.7 Å². The Balaban J connectivity index is 1.91. The van der Waals surface area contributed by atoms with E-state index in [1.165, 1.54) is 17.0 Å². The van der Waals surface area contributed by atoms with Gasteiger partial charge in [-0.3, -0.25) is 0 Å². The van der Waals surface area contributed by atoms with Gasteiger partial charge in [-0.25, -0.2) is 0 Å². The fourth-order valence-electron chi connectivity index (χ4n) is 2.25. The quantitative estimate of drug-likeness (QED) is 0.783. The second-order valence-corrected chi connectivity index (χ2v) is 5.35. The summed E-state index contributed by atoms with van der Waals surface area (Å²) in [5.74, 6) is 1.20. The molecule has 0 aliphatic carbocycles. The number of hydrogen-bond acceptors (Lipinski definition) is 2. The van der Waals surface area contributed by atoms with E-state index < -0.39 is 0 Å². The Morgan fingerprint density at radius 1 is 0.882 bits per heavy atom. The number of thioether (sulfide) groups is 1. The molecule has 0 aromatic heterocycles. The second-order valence-electron chi connectivity index (χ2n) is 4.16. The monoisotopic (exact) mass is 241 g/mol. The van der Waals surface area contributed by atoms with Gasteiger partial charge >= 0.3 is 0 Å². The van der Waals surface area contributed by atoms with Crippen molar-refractivity contribution in [3.63, 3.8) is 0 Å². The van der Waals surface area contributed by atoms with Crippen molar-refractivity contribution < 1.29 is 0 Å². The first kappa shape index (κ1) is 10.7. The van der Waals surface area contributed by atoms with Crippen LogP contribution in [0, 0.1) is 0 Å². The van der Waals surface area contributed by atoms with E-state index in [1.807, 2.05) is 11.8 Å². The summed E-state index contributed by atoms with van der Waals surface area (Å²) < 4.78 is 0. The summed E-state index contributed by atoms with van der Waals surface area (Å²) in [5, 5.41) is 0.471. The lowest BCUT2D eigenvalue weighted by molar-refractivity contribution is 0.858. The Morgan fingerprint density at radius 3 is 2.24 bits per heavy atom. The van der Waals surface area contributed by atoms with Gasteiger partial charge in [0.1, 0.15) is 5.37 Å². The molecular formula is C15H15NS. The van der Waals surface area contributed by atoms with Crippen LogP contribution in [-0.2, 0) is 0 Å². The number of anilines is 1. The van der Waals surface area contributed by atoms with Crippen molar-refractivity contribution in [2.75, 3.05) is 17.2 Å². The average Bonchev–Trinajstić information content (AvgIpc) is 2.90. The molecule has 0 N–H and O–H groups in total. The summed E-state index contributed by atoms with van der Waals surface area (Å²) in [7, 11) is 0. The summed E-state index contributed by atoms with van der Waals surface area (Å²) in [5.41, 5.74) is 2.73. The van der Waals surface area contributed by atoms with E-state index in [2.05, 4.69) is 65.6 Å². The van der Waals surface area contributed by atoms with E-state index in [-0.39, 0.29) is 0 Å². The fourth-order valence-corrected chi connectivity index (χ4v) is 3.53. The molecule has 1 fully saturated rings.